The zero-order valence-corrected chi connectivity index (χ0v) is 11.5. The molecule has 0 N–H and O–H groups in total. The highest BCUT2D eigenvalue weighted by Crippen LogP contribution is 2.18. The van der Waals surface area contributed by atoms with Gasteiger partial charge in [0.15, 0.2) is 5.82 Å². The SMILES string of the molecule is CN(C(=O)CCOC(C)(C)C)c1cnc(F)cc1F. The molecular weight excluding hydrogens is 254 g/mol. The molecule has 0 aliphatic rings. The van der Waals surface area contributed by atoms with Gasteiger partial charge in [-0.3, -0.25) is 4.79 Å². The Labute approximate surface area is 111 Å². The van der Waals surface area contributed by atoms with E-state index in [1.54, 1.807) is 0 Å². The standard InChI is InChI=1S/C13H18F2N2O2/c1-13(2,3)19-6-5-12(18)17(4)10-8-16-11(15)7-9(10)14/h7-8H,5-6H2,1-4H3. The van der Waals surface area contributed by atoms with Gasteiger partial charge in [0, 0.05) is 13.1 Å². The van der Waals surface area contributed by atoms with Gasteiger partial charge in [-0.1, -0.05) is 0 Å². The summed E-state index contributed by atoms with van der Waals surface area (Å²) in [5.74, 6) is -2.06. The Morgan fingerprint density at radius 1 is 1.42 bits per heavy atom. The molecule has 0 fully saturated rings. The maximum absolute atomic E-state index is 13.5. The minimum Gasteiger partial charge on any atom is -0.375 e. The minimum absolute atomic E-state index is 0.0536. The van der Waals surface area contributed by atoms with E-state index in [1.807, 2.05) is 20.8 Å². The number of halogens is 2. The summed E-state index contributed by atoms with van der Waals surface area (Å²) < 4.78 is 31.6. The van der Waals surface area contributed by atoms with Gasteiger partial charge in [0.1, 0.15) is 0 Å². The van der Waals surface area contributed by atoms with Crippen LogP contribution in [-0.4, -0.2) is 30.1 Å². The molecule has 4 nitrogen and oxygen atoms in total. The molecular formula is C13H18F2N2O2. The third-order valence-corrected chi connectivity index (χ3v) is 2.39. The van der Waals surface area contributed by atoms with Crippen molar-refractivity contribution in [3.8, 4) is 0 Å². The van der Waals surface area contributed by atoms with E-state index in [9.17, 15) is 13.6 Å². The maximum atomic E-state index is 13.5. The Morgan fingerprint density at radius 3 is 2.58 bits per heavy atom. The van der Waals surface area contributed by atoms with Gasteiger partial charge in [-0.25, -0.2) is 9.37 Å². The summed E-state index contributed by atoms with van der Waals surface area (Å²) in [6.07, 6.45) is 1.11. The van der Waals surface area contributed by atoms with Gasteiger partial charge in [-0.05, 0) is 20.8 Å². The second kappa shape index (κ2) is 6.06. The van der Waals surface area contributed by atoms with E-state index in [0.29, 0.717) is 6.07 Å². The molecule has 0 aliphatic heterocycles. The van der Waals surface area contributed by atoms with Crippen LogP contribution in [0.25, 0.3) is 0 Å². The van der Waals surface area contributed by atoms with Gasteiger partial charge < -0.3 is 9.64 Å². The lowest BCUT2D eigenvalue weighted by Gasteiger charge is -2.21. The van der Waals surface area contributed by atoms with Crippen molar-refractivity contribution in [1.29, 1.82) is 0 Å². The highest BCUT2D eigenvalue weighted by Gasteiger charge is 2.17. The Balaban J connectivity index is 2.62. The summed E-state index contributed by atoms with van der Waals surface area (Å²) in [5.41, 5.74) is -0.385. The monoisotopic (exact) mass is 272 g/mol. The van der Waals surface area contributed by atoms with Crippen LogP contribution < -0.4 is 4.90 Å². The molecule has 0 radical (unpaired) electrons. The van der Waals surface area contributed by atoms with E-state index in [2.05, 4.69) is 4.98 Å². The number of aromatic nitrogens is 1. The number of ether oxygens (including phenoxy) is 1. The molecule has 1 heterocycles. The van der Waals surface area contributed by atoms with Crippen LogP contribution in [0.3, 0.4) is 0 Å². The molecule has 6 heteroatoms. The van der Waals surface area contributed by atoms with Crippen LogP contribution >= 0.6 is 0 Å². The normalized spacial score (nSPS) is 11.5. The number of hydrogen-bond donors (Lipinski definition) is 0. The molecule has 106 valence electrons. The van der Waals surface area contributed by atoms with Gasteiger partial charge in [0.2, 0.25) is 11.9 Å². The topological polar surface area (TPSA) is 42.4 Å². The van der Waals surface area contributed by atoms with Gasteiger partial charge >= 0.3 is 0 Å². The highest BCUT2D eigenvalue weighted by atomic mass is 19.1. The zero-order valence-electron chi connectivity index (χ0n) is 11.5. The lowest BCUT2D eigenvalue weighted by Crippen LogP contribution is -2.30. The summed E-state index contributed by atoms with van der Waals surface area (Å²) >= 11 is 0. The molecule has 19 heavy (non-hydrogen) atoms. The second-order valence-electron chi connectivity index (χ2n) is 5.12. The molecule has 0 saturated carbocycles. The molecule has 0 bridgehead atoms. The van der Waals surface area contributed by atoms with Gasteiger partial charge in [0.25, 0.3) is 0 Å². The maximum Gasteiger partial charge on any atom is 0.229 e. The fourth-order valence-electron chi connectivity index (χ4n) is 1.39. The van der Waals surface area contributed by atoms with Crippen LogP contribution in [-0.2, 0) is 9.53 Å². The predicted molar refractivity (Wildman–Crippen MR) is 67.9 cm³/mol. The van der Waals surface area contributed by atoms with Gasteiger partial charge in [-0.2, -0.15) is 4.39 Å². The third kappa shape index (κ3) is 4.90. The predicted octanol–water partition coefficient (Wildman–Crippen LogP) is 2.53. The minimum atomic E-state index is -0.918. The van der Waals surface area contributed by atoms with E-state index in [4.69, 9.17) is 4.74 Å². The van der Waals surface area contributed by atoms with Crippen LogP contribution in [0.5, 0.6) is 0 Å². The number of nitrogens with zero attached hydrogens (tertiary/aromatic N) is 2. The summed E-state index contributed by atoms with van der Waals surface area (Å²) in [6, 6.07) is 0.644. The fourth-order valence-corrected chi connectivity index (χ4v) is 1.39. The van der Waals surface area contributed by atoms with E-state index >= 15 is 0 Å². The Hall–Kier alpha value is -1.56. The number of rotatable bonds is 4. The van der Waals surface area contributed by atoms with E-state index < -0.39 is 11.8 Å². The first-order chi connectivity index (χ1) is 8.70. The lowest BCUT2D eigenvalue weighted by atomic mass is 10.2. The first kappa shape index (κ1) is 15.5. The molecule has 0 unspecified atom stereocenters. The quantitative estimate of drug-likeness (QED) is 0.791. The van der Waals surface area contributed by atoms with Crippen molar-refractivity contribution in [2.45, 2.75) is 32.8 Å². The van der Waals surface area contributed by atoms with Crippen molar-refractivity contribution >= 4 is 11.6 Å². The van der Waals surface area contributed by atoms with Crippen molar-refractivity contribution < 1.29 is 18.3 Å². The zero-order chi connectivity index (χ0) is 14.6. The molecule has 0 aromatic carbocycles. The number of amides is 1. The summed E-state index contributed by atoms with van der Waals surface area (Å²) in [6.45, 7) is 5.88. The summed E-state index contributed by atoms with van der Waals surface area (Å²) in [4.78, 5) is 16.3. The molecule has 0 aliphatic carbocycles. The highest BCUT2D eigenvalue weighted by molar-refractivity contribution is 5.92. The number of carbonyl (C=O) groups is 1. The molecule has 0 atom stereocenters. The number of anilines is 1. The molecule has 0 saturated heterocycles. The first-order valence-corrected chi connectivity index (χ1v) is 5.92. The van der Waals surface area contributed by atoms with Crippen LogP contribution in [0.2, 0.25) is 0 Å². The van der Waals surface area contributed by atoms with E-state index in [-0.39, 0.29) is 30.2 Å². The molecule has 1 aromatic heterocycles. The van der Waals surface area contributed by atoms with Crippen LogP contribution in [0.15, 0.2) is 12.3 Å². The summed E-state index contributed by atoms with van der Waals surface area (Å²) in [5, 5.41) is 0. The average Bonchev–Trinajstić information content (AvgIpc) is 2.26. The Bertz CT molecular complexity index is 458. The average molecular weight is 272 g/mol. The fraction of sp³-hybridized carbons (Fsp3) is 0.538. The number of pyridine rings is 1. The van der Waals surface area contributed by atoms with E-state index in [1.165, 1.54) is 7.05 Å². The third-order valence-electron chi connectivity index (χ3n) is 2.39. The Kier molecular flexibility index (Phi) is 4.94. The molecule has 1 amide bonds. The van der Waals surface area contributed by atoms with Crippen molar-refractivity contribution in [3.05, 3.63) is 24.0 Å². The van der Waals surface area contributed by atoms with Crippen LogP contribution in [0.1, 0.15) is 27.2 Å². The van der Waals surface area contributed by atoms with Gasteiger partial charge in [0.05, 0.1) is 30.5 Å². The molecule has 0 spiro atoms. The van der Waals surface area contributed by atoms with Crippen molar-refractivity contribution in [2.75, 3.05) is 18.6 Å². The van der Waals surface area contributed by atoms with Crippen molar-refractivity contribution in [1.82, 2.24) is 4.98 Å². The lowest BCUT2D eigenvalue weighted by molar-refractivity contribution is -0.120. The number of hydrogen-bond acceptors (Lipinski definition) is 3. The van der Waals surface area contributed by atoms with Crippen molar-refractivity contribution in [2.24, 2.45) is 0 Å². The second-order valence-corrected chi connectivity index (χ2v) is 5.12. The number of carbonyl (C=O) groups excluding carboxylic acids is 1. The molecule has 1 aromatic rings. The first-order valence-electron chi connectivity index (χ1n) is 5.92. The largest absolute Gasteiger partial charge is 0.375 e. The van der Waals surface area contributed by atoms with Crippen LogP contribution in [0.4, 0.5) is 14.5 Å². The van der Waals surface area contributed by atoms with Crippen molar-refractivity contribution in [3.63, 3.8) is 0 Å². The van der Waals surface area contributed by atoms with Gasteiger partial charge in [-0.15, -0.1) is 0 Å². The smallest absolute Gasteiger partial charge is 0.229 e. The summed E-state index contributed by atoms with van der Waals surface area (Å²) in [7, 11) is 1.41. The Morgan fingerprint density at radius 2 is 2.05 bits per heavy atom. The molecule has 1 rings (SSSR count). The van der Waals surface area contributed by atoms with Crippen LogP contribution in [0, 0.1) is 11.8 Å². The van der Waals surface area contributed by atoms with E-state index in [0.717, 1.165) is 11.1 Å².